The molecule has 0 saturated heterocycles. The largest absolute Gasteiger partial charge is 0.321 e. The van der Waals surface area contributed by atoms with E-state index in [0.717, 1.165) is 32.7 Å². The van der Waals surface area contributed by atoms with Crippen molar-refractivity contribution in [3.8, 4) is 17.2 Å². The van der Waals surface area contributed by atoms with Crippen LogP contribution >= 0.6 is 23.1 Å². The Kier molecular flexibility index (Phi) is 10.7. The number of amides is 3. The third-order valence-corrected chi connectivity index (χ3v) is 9.15. The second-order valence-electron chi connectivity index (χ2n) is 10.9. The Labute approximate surface area is 282 Å². The number of carbonyl (C=O) groups is 3. The van der Waals surface area contributed by atoms with Gasteiger partial charge in [-0.1, -0.05) is 83.9 Å². The van der Waals surface area contributed by atoms with E-state index in [-0.39, 0.29) is 11.6 Å². The van der Waals surface area contributed by atoms with E-state index in [2.05, 4.69) is 22.0 Å². The molecular weight excluding hydrogens is 625 g/mol. The summed E-state index contributed by atoms with van der Waals surface area (Å²) in [6.45, 7) is 5.74. The van der Waals surface area contributed by atoms with Gasteiger partial charge >= 0.3 is 0 Å². The lowest BCUT2D eigenvalue weighted by Crippen LogP contribution is -2.30. The zero-order valence-corrected chi connectivity index (χ0v) is 27.7. The predicted octanol–water partition coefficient (Wildman–Crippen LogP) is 8.43. The quantitative estimate of drug-likeness (QED) is 0.103. The molecule has 3 N–H and O–H groups in total. The first-order chi connectivity index (χ1) is 22.7. The standard InChI is InChI=1S/C38H32N4O3S2/c1-24-15-17-28(18-16-24)33-23-46-38(32(33)22-39)42-35(43)26(3)47-31-14-8-13-30(21-31)40-37(45)34(20-27-10-7-9-25(2)19-27)41-36(44)29-11-5-4-6-12-29/h4-21,23,26H,1-3H3,(H,40,45)(H,41,44)(H,42,43)/b34-20+. The first-order valence-electron chi connectivity index (χ1n) is 14.8. The van der Waals surface area contributed by atoms with Gasteiger partial charge in [0.25, 0.3) is 11.8 Å². The lowest BCUT2D eigenvalue weighted by Gasteiger charge is -2.14. The number of benzene rings is 4. The van der Waals surface area contributed by atoms with Gasteiger partial charge in [0.2, 0.25) is 5.91 Å². The molecule has 0 bridgehead atoms. The maximum Gasteiger partial charge on any atom is 0.272 e. The Balaban J connectivity index is 1.28. The van der Waals surface area contributed by atoms with Gasteiger partial charge in [0.1, 0.15) is 16.8 Å². The van der Waals surface area contributed by atoms with Gasteiger partial charge in [-0.2, -0.15) is 5.26 Å². The van der Waals surface area contributed by atoms with Crippen LogP contribution in [0.2, 0.25) is 0 Å². The zero-order chi connectivity index (χ0) is 33.3. The molecule has 0 fully saturated rings. The van der Waals surface area contributed by atoms with E-state index >= 15 is 0 Å². The lowest BCUT2D eigenvalue weighted by atomic mass is 10.0. The molecule has 1 heterocycles. The van der Waals surface area contributed by atoms with Gasteiger partial charge in [0, 0.05) is 27.1 Å². The summed E-state index contributed by atoms with van der Waals surface area (Å²) in [6.07, 6.45) is 1.64. The van der Waals surface area contributed by atoms with Crippen molar-refractivity contribution in [3.05, 3.63) is 142 Å². The summed E-state index contributed by atoms with van der Waals surface area (Å²) in [7, 11) is 0. The molecule has 1 aromatic heterocycles. The van der Waals surface area contributed by atoms with Crippen molar-refractivity contribution in [2.24, 2.45) is 0 Å². The lowest BCUT2D eigenvalue weighted by molar-refractivity contribution is -0.115. The number of carbonyl (C=O) groups excluding carboxylic acids is 3. The number of nitriles is 1. The summed E-state index contributed by atoms with van der Waals surface area (Å²) in [6, 6.07) is 33.6. The average molecular weight is 657 g/mol. The van der Waals surface area contributed by atoms with Gasteiger partial charge in [-0.3, -0.25) is 14.4 Å². The molecule has 0 spiro atoms. The molecule has 4 aromatic carbocycles. The number of thioether (sulfide) groups is 1. The number of thiophene rings is 1. The number of anilines is 2. The Morgan fingerprint density at radius 1 is 0.851 bits per heavy atom. The van der Waals surface area contributed by atoms with E-state index in [9.17, 15) is 19.6 Å². The molecule has 7 nitrogen and oxygen atoms in total. The maximum atomic E-state index is 13.5. The monoisotopic (exact) mass is 656 g/mol. The normalized spacial score (nSPS) is 11.7. The van der Waals surface area contributed by atoms with Gasteiger partial charge in [0.05, 0.1) is 10.8 Å². The van der Waals surface area contributed by atoms with E-state index in [1.54, 1.807) is 55.5 Å². The minimum atomic E-state index is -0.501. The molecular formula is C38H32N4O3S2. The van der Waals surface area contributed by atoms with Crippen LogP contribution in [-0.2, 0) is 9.59 Å². The Hall–Kier alpha value is -5.43. The van der Waals surface area contributed by atoms with Crippen molar-refractivity contribution >= 4 is 57.6 Å². The first-order valence-corrected chi connectivity index (χ1v) is 16.6. The molecule has 1 unspecified atom stereocenters. The van der Waals surface area contributed by atoms with Gasteiger partial charge in [-0.25, -0.2) is 0 Å². The van der Waals surface area contributed by atoms with Crippen molar-refractivity contribution in [1.29, 1.82) is 5.26 Å². The van der Waals surface area contributed by atoms with E-state index in [0.29, 0.717) is 21.8 Å². The Morgan fingerprint density at radius 3 is 2.32 bits per heavy atom. The predicted molar refractivity (Wildman–Crippen MR) is 191 cm³/mol. The highest BCUT2D eigenvalue weighted by Crippen LogP contribution is 2.36. The van der Waals surface area contributed by atoms with Crippen LogP contribution in [0.3, 0.4) is 0 Å². The first kappa shape index (κ1) is 32.9. The fourth-order valence-corrected chi connectivity index (χ4v) is 6.54. The average Bonchev–Trinajstić information content (AvgIpc) is 3.47. The van der Waals surface area contributed by atoms with Crippen LogP contribution in [0.25, 0.3) is 17.2 Å². The molecule has 5 rings (SSSR count). The summed E-state index contributed by atoms with van der Waals surface area (Å²) in [5.74, 6) is -1.14. The number of hydrogen-bond donors (Lipinski definition) is 3. The fraction of sp³-hybridized carbons (Fsp3) is 0.105. The molecule has 1 atom stereocenters. The van der Waals surface area contributed by atoms with Crippen LogP contribution in [0.1, 0.15) is 39.5 Å². The molecule has 0 aliphatic rings. The Morgan fingerprint density at radius 2 is 1.60 bits per heavy atom. The van der Waals surface area contributed by atoms with Gasteiger partial charge < -0.3 is 16.0 Å². The van der Waals surface area contributed by atoms with Crippen LogP contribution in [0.4, 0.5) is 10.7 Å². The minimum absolute atomic E-state index is 0.0875. The van der Waals surface area contributed by atoms with Crippen molar-refractivity contribution in [2.75, 3.05) is 10.6 Å². The van der Waals surface area contributed by atoms with Crippen LogP contribution < -0.4 is 16.0 Å². The fourth-order valence-electron chi connectivity index (χ4n) is 4.69. The molecule has 0 aliphatic heterocycles. The van der Waals surface area contributed by atoms with Crippen molar-refractivity contribution in [3.63, 3.8) is 0 Å². The second kappa shape index (κ2) is 15.2. The van der Waals surface area contributed by atoms with Gasteiger partial charge in [-0.15, -0.1) is 23.1 Å². The topological polar surface area (TPSA) is 111 Å². The molecule has 234 valence electrons. The van der Waals surface area contributed by atoms with E-state index in [1.165, 1.54) is 23.1 Å². The summed E-state index contributed by atoms with van der Waals surface area (Å²) in [5, 5.41) is 20.3. The van der Waals surface area contributed by atoms with Crippen LogP contribution in [0.15, 0.2) is 119 Å². The van der Waals surface area contributed by atoms with Crippen molar-refractivity contribution < 1.29 is 14.4 Å². The number of nitrogens with zero attached hydrogens (tertiary/aromatic N) is 1. The van der Waals surface area contributed by atoms with Gasteiger partial charge in [0.15, 0.2) is 0 Å². The van der Waals surface area contributed by atoms with E-state index < -0.39 is 17.1 Å². The summed E-state index contributed by atoms with van der Waals surface area (Å²) < 4.78 is 0. The molecule has 0 aliphatic carbocycles. The van der Waals surface area contributed by atoms with Crippen LogP contribution in [0, 0.1) is 25.2 Å². The van der Waals surface area contributed by atoms with E-state index in [4.69, 9.17) is 0 Å². The highest BCUT2D eigenvalue weighted by molar-refractivity contribution is 8.00. The van der Waals surface area contributed by atoms with Crippen molar-refractivity contribution in [1.82, 2.24) is 5.32 Å². The Bertz CT molecular complexity index is 1990. The second-order valence-corrected chi connectivity index (χ2v) is 13.1. The zero-order valence-electron chi connectivity index (χ0n) is 26.0. The molecule has 3 amide bonds. The van der Waals surface area contributed by atoms with Crippen LogP contribution in [0.5, 0.6) is 0 Å². The summed E-state index contributed by atoms with van der Waals surface area (Å²) >= 11 is 2.65. The molecule has 9 heteroatoms. The number of aryl methyl sites for hydroxylation is 2. The highest BCUT2D eigenvalue weighted by Gasteiger charge is 2.20. The number of hydrogen-bond acceptors (Lipinski definition) is 6. The maximum absolute atomic E-state index is 13.5. The molecule has 0 radical (unpaired) electrons. The SMILES string of the molecule is Cc1ccc(-c2csc(NC(=O)C(C)Sc3cccc(NC(=O)/C(=C\c4cccc(C)c4)NC(=O)c4ccccc4)c3)c2C#N)cc1. The van der Waals surface area contributed by atoms with E-state index in [1.807, 2.05) is 79.9 Å². The number of rotatable bonds is 10. The van der Waals surface area contributed by atoms with Crippen molar-refractivity contribution in [2.45, 2.75) is 30.9 Å². The smallest absolute Gasteiger partial charge is 0.272 e. The third kappa shape index (κ3) is 8.64. The van der Waals surface area contributed by atoms with Crippen LogP contribution in [-0.4, -0.2) is 23.0 Å². The minimum Gasteiger partial charge on any atom is -0.321 e. The molecule has 47 heavy (non-hydrogen) atoms. The number of nitrogens with one attached hydrogen (secondary N) is 3. The molecule has 5 aromatic rings. The summed E-state index contributed by atoms with van der Waals surface area (Å²) in [4.78, 5) is 40.4. The molecule has 0 saturated carbocycles. The highest BCUT2D eigenvalue weighted by atomic mass is 32.2. The van der Waals surface area contributed by atoms with Gasteiger partial charge in [-0.05, 0) is 68.3 Å². The summed E-state index contributed by atoms with van der Waals surface area (Å²) in [5.41, 5.74) is 6.07. The third-order valence-electron chi connectivity index (χ3n) is 7.16.